The number of hydrogen-bond donors (Lipinski definition) is 2. The summed E-state index contributed by atoms with van der Waals surface area (Å²) in [6, 6.07) is 1.76. The van der Waals surface area contributed by atoms with Crippen LogP contribution in [-0.2, 0) is 0 Å². The Hall–Kier alpha value is -1.03. The van der Waals surface area contributed by atoms with E-state index >= 15 is 0 Å². The highest BCUT2D eigenvalue weighted by Gasteiger charge is 2.40. The van der Waals surface area contributed by atoms with Crippen molar-refractivity contribution in [1.29, 1.82) is 0 Å². The summed E-state index contributed by atoms with van der Waals surface area (Å²) in [4.78, 5) is 13.6. The maximum absolute atomic E-state index is 11.8. The zero-order chi connectivity index (χ0) is 11.8. The number of amides is 1. The van der Waals surface area contributed by atoms with Gasteiger partial charge in [-0.1, -0.05) is 6.92 Å². The molecule has 0 atom stereocenters. The van der Waals surface area contributed by atoms with Crippen LogP contribution in [0.5, 0.6) is 0 Å². The van der Waals surface area contributed by atoms with Crippen molar-refractivity contribution >= 4 is 22.9 Å². The van der Waals surface area contributed by atoms with E-state index in [1.54, 1.807) is 6.07 Å². The van der Waals surface area contributed by atoms with Gasteiger partial charge in [-0.05, 0) is 37.7 Å². The molecule has 0 aliphatic heterocycles. The van der Waals surface area contributed by atoms with Gasteiger partial charge in [-0.2, -0.15) is 0 Å². The monoisotopic (exact) mass is 238 g/mol. The van der Waals surface area contributed by atoms with Crippen molar-refractivity contribution in [3.05, 3.63) is 15.8 Å². The second-order valence-corrected chi connectivity index (χ2v) is 5.91. The van der Waals surface area contributed by atoms with E-state index in [1.165, 1.54) is 24.2 Å². The maximum atomic E-state index is 11.8. The first-order chi connectivity index (χ1) is 7.56. The van der Waals surface area contributed by atoms with E-state index in [9.17, 15) is 4.79 Å². The van der Waals surface area contributed by atoms with E-state index in [1.807, 2.05) is 6.92 Å². The molecule has 1 saturated carbocycles. The molecule has 0 radical (unpaired) electrons. The summed E-state index contributed by atoms with van der Waals surface area (Å²) >= 11 is 1.46. The van der Waals surface area contributed by atoms with Gasteiger partial charge >= 0.3 is 0 Å². The van der Waals surface area contributed by atoms with Crippen molar-refractivity contribution < 1.29 is 4.79 Å². The minimum absolute atomic E-state index is 0.0181. The molecular weight excluding hydrogens is 220 g/mol. The van der Waals surface area contributed by atoms with Crippen molar-refractivity contribution in [3.8, 4) is 0 Å². The molecule has 1 aromatic rings. The van der Waals surface area contributed by atoms with Crippen LogP contribution in [0.4, 0.5) is 5.69 Å². The average molecular weight is 238 g/mol. The Labute approximate surface area is 100 Å². The molecule has 88 valence electrons. The van der Waals surface area contributed by atoms with Crippen molar-refractivity contribution in [1.82, 2.24) is 5.32 Å². The van der Waals surface area contributed by atoms with E-state index < -0.39 is 0 Å². The Morgan fingerprint density at radius 1 is 1.62 bits per heavy atom. The molecule has 0 saturated heterocycles. The average Bonchev–Trinajstić information content (AvgIpc) is 2.98. The molecule has 4 heteroatoms. The van der Waals surface area contributed by atoms with Crippen LogP contribution in [0.1, 0.15) is 40.7 Å². The Morgan fingerprint density at radius 3 is 2.75 bits per heavy atom. The zero-order valence-electron chi connectivity index (χ0n) is 9.80. The third-order valence-electron chi connectivity index (χ3n) is 3.51. The predicted octanol–water partition coefficient (Wildman–Crippen LogP) is 2.56. The third kappa shape index (κ3) is 2.21. The highest BCUT2D eigenvalue weighted by molar-refractivity contribution is 7.14. The first-order valence-electron chi connectivity index (χ1n) is 5.70. The maximum Gasteiger partial charge on any atom is 0.261 e. The van der Waals surface area contributed by atoms with Gasteiger partial charge in [-0.15, -0.1) is 11.3 Å². The number of anilines is 1. The lowest BCUT2D eigenvalue weighted by molar-refractivity contribution is 0.0948. The van der Waals surface area contributed by atoms with Gasteiger partial charge in [0.05, 0.1) is 4.88 Å². The van der Waals surface area contributed by atoms with Gasteiger partial charge in [0, 0.05) is 17.1 Å². The number of nitrogens with one attached hydrogen (secondary N) is 1. The lowest BCUT2D eigenvalue weighted by Gasteiger charge is -2.12. The molecule has 1 heterocycles. The van der Waals surface area contributed by atoms with Crippen molar-refractivity contribution in [2.45, 2.75) is 33.1 Å². The van der Waals surface area contributed by atoms with Gasteiger partial charge in [0.15, 0.2) is 0 Å². The fraction of sp³-hybridized carbons (Fsp3) is 0.583. The normalized spacial score (nSPS) is 17.1. The molecule has 16 heavy (non-hydrogen) atoms. The Morgan fingerprint density at radius 2 is 2.31 bits per heavy atom. The van der Waals surface area contributed by atoms with Crippen LogP contribution in [0, 0.1) is 12.3 Å². The molecule has 1 amide bonds. The molecular formula is C12H18N2OS. The number of carbonyl (C=O) groups is 1. The molecule has 1 fully saturated rings. The van der Waals surface area contributed by atoms with Crippen LogP contribution in [0.3, 0.4) is 0 Å². The summed E-state index contributed by atoms with van der Waals surface area (Å²) in [6.45, 7) is 4.93. The fourth-order valence-corrected chi connectivity index (χ4v) is 2.65. The van der Waals surface area contributed by atoms with Crippen molar-refractivity contribution in [3.63, 3.8) is 0 Å². The van der Waals surface area contributed by atoms with E-state index in [0.717, 1.165) is 22.7 Å². The van der Waals surface area contributed by atoms with Crippen LogP contribution in [0.15, 0.2) is 6.07 Å². The quantitative estimate of drug-likeness (QED) is 0.847. The van der Waals surface area contributed by atoms with E-state index in [-0.39, 0.29) is 5.91 Å². The Bertz CT molecular complexity index is 388. The van der Waals surface area contributed by atoms with Crippen LogP contribution < -0.4 is 11.1 Å². The molecule has 1 aliphatic carbocycles. The van der Waals surface area contributed by atoms with E-state index in [4.69, 9.17) is 5.73 Å². The topological polar surface area (TPSA) is 55.1 Å². The molecule has 0 unspecified atom stereocenters. The number of hydrogen-bond acceptors (Lipinski definition) is 3. The summed E-state index contributed by atoms with van der Waals surface area (Å²) in [5.74, 6) is 0.0181. The number of rotatable bonds is 4. The summed E-state index contributed by atoms with van der Waals surface area (Å²) in [5.41, 5.74) is 6.84. The third-order valence-corrected chi connectivity index (χ3v) is 4.58. The SMILES string of the molecule is CCC1(CNC(=O)c2cc(N)c(C)s2)CC1. The number of carbonyl (C=O) groups excluding carboxylic acids is 1. The molecule has 0 aromatic carbocycles. The fourth-order valence-electron chi connectivity index (χ4n) is 1.80. The summed E-state index contributed by atoms with van der Waals surface area (Å²) in [7, 11) is 0. The van der Waals surface area contributed by atoms with Gasteiger partial charge < -0.3 is 11.1 Å². The summed E-state index contributed by atoms with van der Waals surface area (Å²) in [5, 5.41) is 3.01. The molecule has 2 rings (SSSR count). The Kier molecular flexibility index (Phi) is 2.93. The van der Waals surface area contributed by atoms with Crippen LogP contribution in [0.25, 0.3) is 0 Å². The summed E-state index contributed by atoms with van der Waals surface area (Å²) in [6.07, 6.45) is 3.64. The van der Waals surface area contributed by atoms with Gasteiger partial charge in [0.25, 0.3) is 5.91 Å². The van der Waals surface area contributed by atoms with Crippen LogP contribution in [-0.4, -0.2) is 12.5 Å². The number of nitrogen functional groups attached to an aromatic ring is 1. The summed E-state index contributed by atoms with van der Waals surface area (Å²) < 4.78 is 0. The molecule has 0 spiro atoms. The van der Waals surface area contributed by atoms with Gasteiger partial charge in [0.2, 0.25) is 0 Å². The highest BCUT2D eigenvalue weighted by Crippen LogP contribution is 2.47. The largest absolute Gasteiger partial charge is 0.398 e. The lowest BCUT2D eigenvalue weighted by Crippen LogP contribution is -2.29. The Balaban J connectivity index is 1.93. The minimum Gasteiger partial charge on any atom is -0.398 e. The van der Waals surface area contributed by atoms with E-state index in [2.05, 4.69) is 12.2 Å². The minimum atomic E-state index is 0.0181. The standard InChI is InChI=1S/C12H18N2OS/c1-3-12(4-5-12)7-14-11(15)10-6-9(13)8(2)16-10/h6H,3-5,7,13H2,1-2H3,(H,14,15). The number of aryl methyl sites for hydroxylation is 1. The van der Waals surface area contributed by atoms with Gasteiger partial charge in [-0.3, -0.25) is 4.79 Å². The highest BCUT2D eigenvalue weighted by atomic mass is 32.1. The molecule has 3 nitrogen and oxygen atoms in total. The lowest BCUT2D eigenvalue weighted by atomic mass is 10.0. The number of thiophene rings is 1. The van der Waals surface area contributed by atoms with Crippen molar-refractivity contribution in [2.24, 2.45) is 5.41 Å². The molecule has 0 bridgehead atoms. The van der Waals surface area contributed by atoms with Gasteiger partial charge in [-0.25, -0.2) is 0 Å². The van der Waals surface area contributed by atoms with Crippen LogP contribution >= 0.6 is 11.3 Å². The zero-order valence-corrected chi connectivity index (χ0v) is 10.6. The second kappa shape index (κ2) is 4.09. The number of nitrogens with two attached hydrogens (primary N) is 1. The predicted molar refractivity (Wildman–Crippen MR) is 67.8 cm³/mol. The molecule has 3 N–H and O–H groups in total. The smallest absolute Gasteiger partial charge is 0.261 e. The first-order valence-corrected chi connectivity index (χ1v) is 6.52. The molecule has 1 aromatic heterocycles. The first kappa shape index (κ1) is 11.5. The van der Waals surface area contributed by atoms with E-state index in [0.29, 0.717) is 11.1 Å². The van der Waals surface area contributed by atoms with Crippen molar-refractivity contribution in [2.75, 3.05) is 12.3 Å². The van der Waals surface area contributed by atoms with Crippen LogP contribution in [0.2, 0.25) is 0 Å². The second-order valence-electron chi connectivity index (χ2n) is 4.66. The molecule has 1 aliphatic rings. The van der Waals surface area contributed by atoms with Gasteiger partial charge in [0.1, 0.15) is 0 Å².